The molecule has 114 valence electrons. The van der Waals surface area contributed by atoms with E-state index in [0.29, 0.717) is 13.1 Å². The Morgan fingerprint density at radius 3 is 2.43 bits per heavy atom. The minimum atomic E-state index is -0.486. The number of hydrogen-bond acceptors (Lipinski definition) is 4. The normalized spacial score (nSPS) is 13.4. The van der Waals surface area contributed by atoms with Gasteiger partial charge < -0.3 is 10.4 Å². The Bertz CT molecular complexity index is 569. The predicted octanol–water partition coefficient (Wildman–Crippen LogP) is 3.57. The van der Waals surface area contributed by atoms with Crippen molar-refractivity contribution in [1.82, 2.24) is 10.3 Å². The highest BCUT2D eigenvalue weighted by Gasteiger charge is 2.14. The molecule has 21 heavy (non-hydrogen) atoms. The number of benzene rings is 1. The first-order valence-corrected chi connectivity index (χ1v) is 8.14. The standard InChI is InChI=1S/C17H24N2OS/c1-12-11-21-16(19-12)10-18-9-15(20)13-5-7-14(8-6-13)17(2,3)4/h5-8,11,15,18,20H,9-10H2,1-4H3. The number of aliphatic hydroxyl groups is 1. The number of rotatable bonds is 5. The van der Waals surface area contributed by atoms with Crippen LogP contribution in [-0.4, -0.2) is 16.6 Å². The first kappa shape index (κ1) is 16.1. The van der Waals surface area contributed by atoms with Crippen LogP contribution in [0.25, 0.3) is 0 Å². The summed E-state index contributed by atoms with van der Waals surface area (Å²) in [5.74, 6) is 0. The summed E-state index contributed by atoms with van der Waals surface area (Å²) in [6.07, 6.45) is -0.486. The molecule has 1 unspecified atom stereocenters. The van der Waals surface area contributed by atoms with Gasteiger partial charge in [0.15, 0.2) is 0 Å². The molecule has 4 heteroatoms. The van der Waals surface area contributed by atoms with E-state index in [2.05, 4.69) is 43.2 Å². The van der Waals surface area contributed by atoms with Crippen molar-refractivity contribution in [2.45, 2.75) is 45.8 Å². The van der Waals surface area contributed by atoms with Crippen molar-refractivity contribution < 1.29 is 5.11 Å². The van der Waals surface area contributed by atoms with Crippen LogP contribution in [0.3, 0.4) is 0 Å². The summed E-state index contributed by atoms with van der Waals surface area (Å²) in [6, 6.07) is 8.23. The average Bonchev–Trinajstić information content (AvgIpc) is 2.83. The van der Waals surface area contributed by atoms with E-state index in [-0.39, 0.29) is 5.41 Å². The highest BCUT2D eigenvalue weighted by Crippen LogP contribution is 2.23. The van der Waals surface area contributed by atoms with Crippen molar-refractivity contribution in [3.05, 3.63) is 51.5 Å². The van der Waals surface area contributed by atoms with Crippen LogP contribution in [0.4, 0.5) is 0 Å². The fourth-order valence-electron chi connectivity index (χ4n) is 2.12. The number of aromatic nitrogens is 1. The van der Waals surface area contributed by atoms with E-state index in [1.54, 1.807) is 11.3 Å². The van der Waals surface area contributed by atoms with Gasteiger partial charge >= 0.3 is 0 Å². The lowest BCUT2D eigenvalue weighted by atomic mass is 9.86. The molecule has 0 aliphatic rings. The van der Waals surface area contributed by atoms with Crippen LogP contribution < -0.4 is 5.32 Å². The predicted molar refractivity (Wildman–Crippen MR) is 88.7 cm³/mol. The van der Waals surface area contributed by atoms with Gasteiger partial charge in [0.2, 0.25) is 0 Å². The van der Waals surface area contributed by atoms with Gasteiger partial charge in [0.05, 0.1) is 6.10 Å². The van der Waals surface area contributed by atoms with Crippen LogP contribution in [0.2, 0.25) is 0 Å². The van der Waals surface area contributed by atoms with Crippen molar-refractivity contribution in [3.63, 3.8) is 0 Å². The minimum absolute atomic E-state index is 0.143. The number of aliphatic hydroxyl groups excluding tert-OH is 1. The van der Waals surface area contributed by atoms with Gasteiger partial charge in [0.1, 0.15) is 5.01 Å². The third kappa shape index (κ3) is 4.63. The summed E-state index contributed by atoms with van der Waals surface area (Å²) in [6.45, 7) is 9.80. The summed E-state index contributed by atoms with van der Waals surface area (Å²) < 4.78 is 0. The Morgan fingerprint density at radius 2 is 1.90 bits per heavy atom. The monoisotopic (exact) mass is 304 g/mol. The maximum Gasteiger partial charge on any atom is 0.107 e. The molecule has 2 rings (SSSR count). The zero-order valence-corrected chi connectivity index (χ0v) is 14.0. The highest BCUT2D eigenvalue weighted by atomic mass is 32.1. The number of aryl methyl sites for hydroxylation is 1. The lowest BCUT2D eigenvalue weighted by Crippen LogP contribution is -2.21. The smallest absolute Gasteiger partial charge is 0.107 e. The van der Waals surface area contributed by atoms with E-state index in [1.807, 2.05) is 24.4 Å². The van der Waals surface area contributed by atoms with Crippen LogP contribution in [-0.2, 0) is 12.0 Å². The van der Waals surface area contributed by atoms with E-state index < -0.39 is 6.10 Å². The molecule has 0 saturated heterocycles. The van der Waals surface area contributed by atoms with Crippen LogP contribution >= 0.6 is 11.3 Å². The number of thiazole rings is 1. The SMILES string of the molecule is Cc1csc(CNCC(O)c2ccc(C(C)(C)C)cc2)n1. The first-order chi connectivity index (χ1) is 9.86. The molecule has 1 atom stereocenters. The summed E-state index contributed by atoms with van der Waals surface area (Å²) >= 11 is 1.65. The molecule has 0 aliphatic carbocycles. The first-order valence-electron chi connectivity index (χ1n) is 7.26. The molecule has 0 amide bonds. The fourth-order valence-corrected chi connectivity index (χ4v) is 2.86. The van der Waals surface area contributed by atoms with Gasteiger partial charge in [-0.15, -0.1) is 11.3 Å². The molecule has 0 spiro atoms. The molecule has 1 aromatic heterocycles. The second-order valence-corrected chi connectivity index (χ2v) is 7.34. The summed E-state index contributed by atoms with van der Waals surface area (Å²) in [4.78, 5) is 4.39. The molecule has 1 heterocycles. The van der Waals surface area contributed by atoms with Gasteiger partial charge in [-0.1, -0.05) is 45.0 Å². The van der Waals surface area contributed by atoms with Crippen molar-refractivity contribution in [2.75, 3.05) is 6.54 Å². The maximum atomic E-state index is 10.2. The van der Waals surface area contributed by atoms with Gasteiger partial charge in [0.25, 0.3) is 0 Å². The molecule has 3 nitrogen and oxygen atoms in total. The molecule has 0 radical (unpaired) electrons. The number of nitrogens with one attached hydrogen (secondary N) is 1. The van der Waals surface area contributed by atoms with Crippen LogP contribution in [0.15, 0.2) is 29.6 Å². The van der Waals surface area contributed by atoms with Crippen LogP contribution in [0.1, 0.15) is 48.7 Å². The van der Waals surface area contributed by atoms with E-state index in [9.17, 15) is 5.11 Å². The van der Waals surface area contributed by atoms with E-state index in [0.717, 1.165) is 16.3 Å². The topological polar surface area (TPSA) is 45.1 Å². The van der Waals surface area contributed by atoms with E-state index in [1.165, 1.54) is 5.56 Å². The summed E-state index contributed by atoms with van der Waals surface area (Å²) in [5, 5.41) is 16.6. The molecule has 0 saturated carbocycles. The number of nitrogens with zero attached hydrogens (tertiary/aromatic N) is 1. The van der Waals surface area contributed by atoms with Gasteiger partial charge in [-0.25, -0.2) is 4.98 Å². The summed E-state index contributed by atoms with van der Waals surface area (Å²) in [5.41, 5.74) is 3.43. The van der Waals surface area contributed by atoms with Gasteiger partial charge in [-0.05, 0) is 23.5 Å². The lowest BCUT2D eigenvalue weighted by Gasteiger charge is -2.20. The van der Waals surface area contributed by atoms with E-state index in [4.69, 9.17) is 0 Å². The van der Waals surface area contributed by atoms with Gasteiger partial charge in [-0.2, -0.15) is 0 Å². The Morgan fingerprint density at radius 1 is 1.24 bits per heavy atom. The molecule has 0 aliphatic heterocycles. The average molecular weight is 304 g/mol. The minimum Gasteiger partial charge on any atom is -0.387 e. The molecule has 0 fully saturated rings. The molecule has 2 N–H and O–H groups in total. The second-order valence-electron chi connectivity index (χ2n) is 6.40. The molecule has 1 aromatic carbocycles. The van der Waals surface area contributed by atoms with Crippen LogP contribution in [0.5, 0.6) is 0 Å². The Hall–Kier alpha value is -1.23. The Labute approximate surface area is 131 Å². The van der Waals surface area contributed by atoms with Crippen LogP contribution in [0, 0.1) is 6.92 Å². The second kappa shape index (κ2) is 6.69. The maximum absolute atomic E-state index is 10.2. The van der Waals surface area contributed by atoms with Crippen molar-refractivity contribution >= 4 is 11.3 Å². The zero-order valence-electron chi connectivity index (χ0n) is 13.2. The molecular formula is C17H24N2OS. The fraction of sp³-hybridized carbons (Fsp3) is 0.471. The van der Waals surface area contributed by atoms with E-state index >= 15 is 0 Å². The molecule has 0 bridgehead atoms. The summed E-state index contributed by atoms with van der Waals surface area (Å²) in [7, 11) is 0. The van der Waals surface area contributed by atoms with Crippen molar-refractivity contribution in [1.29, 1.82) is 0 Å². The Balaban J connectivity index is 1.87. The zero-order chi connectivity index (χ0) is 15.5. The third-order valence-electron chi connectivity index (χ3n) is 3.44. The molecular weight excluding hydrogens is 280 g/mol. The van der Waals surface area contributed by atoms with Gasteiger partial charge in [-0.3, -0.25) is 0 Å². The largest absolute Gasteiger partial charge is 0.387 e. The van der Waals surface area contributed by atoms with Gasteiger partial charge in [0, 0.05) is 24.2 Å². The number of hydrogen-bond donors (Lipinski definition) is 2. The Kier molecular flexibility index (Phi) is 5.14. The van der Waals surface area contributed by atoms with Crippen molar-refractivity contribution in [2.24, 2.45) is 0 Å². The quantitative estimate of drug-likeness (QED) is 0.887. The highest BCUT2D eigenvalue weighted by molar-refractivity contribution is 7.09. The van der Waals surface area contributed by atoms with Crippen molar-refractivity contribution in [3.8, 4) is 0 Å². The lowest BCUT2D eigenvalue weighted by molar-refractivity contribution is 0.174. The molecule has 2 aromatic rings. The third-order valence-corrected chi connectivity index (χ3v) is 4.41.